The molecule has 0 saturated heterocycles. The first-order valence-corrected chi connectivity index (χ1v) is 6.50. The zero-order valence-electron chi connectivity index (χ0n) is 11.3. The summed E-state index contributed by atoms with van der Waals surface area (Å²) < 4.78 is 14.3. The van der Waals surface area contributed by atoms with Crippen LogP contribution in [0.1, 0.15) is 30.9 Å². The summed E-state index contributed by atoms with van der Waals surface area (Å²) in [6, 6.07) is 5.42. The maximum absolute atomic E-state index is 14.3. The van der Waals surface area contributed by atoms with Crippen LogP contribution in [0.2, 0.25) is 0 Å². The Balaban J connectivity index is 2.16. The zero-order valence-corrected chi connectivity index (χ0v) is 11.3. The zero-order chi connectivity index (χ0) is 14.0. The second kappa shape index (κ2) is 5.57. The van der Waals surface area contributed by atoms with E-state index >= 15 is 0 Å². The summed E-state index contributed by atoms with van der Waals surface area (Å²) >= 11 is 0. The molecule has 19 heavy (non-hydrogen) atoms. The largest absolute Gasteiger partial charge is 0.409 e. The number of rotatable bonds is 5. The number of nitrogens with two attached hydrogens (primary N) is 1. The van der Waals surface area contributed by atoms with E-state index in [9.17, 15) is 4.39 Å². The van der Waals surface area contributed by atoms with E-state index in [1.54, 1.807) is 12.1 Å². The van der Waals surface area contributed by atoms with Crippen LogP contribution in [0.25, 0.3) is 0 Å². The molecule has 1 aliphatic rings. The summed E-state index contributed by atoms with van der Waals surface area (Å²) in [6.07, 6.45) is 2.52. The molecule has 0 heterocycles. The van der Waals surface area contributed by atoms with Crippen molar-refractivity contribution in [1.82, 2.24) is 4.90 Å². The minimum Gasteiger partial charge on any atom is -0.409 e. The molecule has 0 bridgehead atoms. The van der Waals surface area contributed by atoms with E-state index < -0.39 is 5.82 Å². The lowest BCUT2D eigenvalue weighted by molar-refractivity contribution is 0.224. The Kier molecular flexibility index (Phi) is 4.04. The highest BCUT2D eigenvalue weighted by Crippen LogP contribution is 2.35. The first-order valence-electron chi connectivity index (χ1n) is 6.50. The molecule has 0 aliphatic heterocycles. The number of oxime groups is 1. The van der Waals surface area contributed by atoms with E-state index in [-0.39, 0.29) is 11.4 Å². The van der Waals surface area contributed by atoms with Crippen molar-refractivity contribution >= 4 is 5.84 Å². The smallest absolute Gasteiger partial charge is 0.173 e. The molecule has 1 aliphatic carbocycles. The van der Waals surface area contributed by atoms with Crippen molar-refractivity contribution < 1.29 is 9.60 Å². The predicted octanol–water partition coefficient (Wildman–Crippen LogP) is 2.15. The Labute approximate surface area is 112 Å². The van der Waals surface area contributed by atoms with Crippen molar-refractivity contribution in [3.05, 3.63) is 35.1 Å². The molecule has 1 saturated carbocycles. The monoisotopic (exact) mass is 265 g/mol. The fraction of sp³-hybridized carbons (Fsp3) is 0.500. The molecule has 5 heteroatoms. The van der Waals surface area contributed by atoms with Crippen molar-refractivity contribution in [1.29, 1.82) is 0 Å². The molecule has 4 nitrogen and oxygen atoms in total. The summed E-state index contributed by atoms with van der Waals surface area (Å²) in [6.45, 7) is 2.69. The van der Waals surface area contributed by atoms with Crippen LogP contribution in [-0.4, -0.2) is 29.0 Å². The van der Waals surface area contributed by atoms with E-state index in [0.717, 1.165) is 5.92 Å². The Hall–Kier alpha value is -1.62. The Morgan fingerprint density at radius 3 is 2.84 bits per heavy atom. The van der Waals surface area contributed by atoms with Crippen molar-refractivity contribution in [3.63, 3.8) is 0 Å². The number of halogens is 1. The second-order valence-electron chi connectivity index (χ2n) is 5.26. The summed E-state index contributed by atoms with van der Waals surface area (Å²) in [5, 5.41) is 11.5. The predicted molar refractivity (Wildman–Crippen MR) is 72.6 cm³/mol. The van der Waals surface area contributed by atoms with Gasteiger partial charge in [0, 0.05) is 18.2 Å². The lowest BCUT2D eigenvalue weighted by Crippen LogP contribution is -2.30. The van der Waals surface area contributed by atoms with Gasteiger partial charge in [-0.05, 0) is 38.8 Å². The molecule has 0 aromatic heterocycles. The summed E-state index contributed by atoms with van der Waals surface area (Å²) in [5.41, 5.74) is 6.17. The minimum absolute atomic E-state index is 0.146. The van der Waals surface area contributed by atoms with Crippen LogP contribution in [0.4, 0.5) is 4.39 Å². The molecule has 0 amide bonds. The molecule has 0 spiro atoms. The van der Waals surface area contributed by atoms with Crippen LogP contribution >= 0.6 is 0 Å². The Morgan fingerprint density at radius 2 is 2.26 bits per heavy atom. The molecular weight excluding hydrogens is 245 g/mol. The van der Waals surface area contributed by atoms with Crippen molar-refractivity contribution in [2.24, 2.45) is 16.8 Å². The highest BCUT2D eigenvalue weighted by atomic mass is 19.1. The van der Waals surface area contributed by atoms with E-state index in [1.165, 1.54) is 18.9 Å². The topological polar surface area (TPSA) is 61.8 Å². The molecule has 104 valence electrons. The summed E-state index contributed by atoms with van der Waals surface area (Å²) in [4.78, 5) is 2.14. The van der Waals surface area contributed by atoms with Gasteiger partial charge in [0.15, 0.2) is 5.84 Å². The SMILES string of the molecule is CC(C1CC1)N(C)Cc1cccc(/C(N)=N/O)c1F. The molecule has 1 atom stereocenters. The van der Waals surface area contributed by atoms with E-state index in [0.29, 0.717) is 18.2 Å². The van der Waals surface area contributed by atoms with Crippen molar-refractivity contribution in [2.75, 3.05) is 7.05 Å². The fourth-order valence-corrected chi connectivity index (χ4v) is 2.30. The van der Waals surface area contributed by atoms with Crippen LogP contribution in [0.15, 0.2) is 23.4 Å². The molecule has 0 radical (unpaired) electrons. The number of nitrogens with zero attached hydrogens (tertiary/aromatic N) is 2. The standard InChI is InChI=1S/C14H20FN3O/c1-9(10-6-7-10)18(2)8-11-4-3-5-12(13(11)15)14(16)17-19/h3-5,9-10,19H,6-8H2,1-2H3,(H2,16,17). The quantitative estimate of drug-likeness (QED) is 0.371. The minimum atomic E-state index is -0.410. The van der Waals surface area contributed by atoms with Crippen LogP contribution in [-0.2, 0) is 6.54 Å². The number of hydrogen-bond donors (Lipinski definition) is 2. The van der Waals surface area contributed by atoms with E-state index in [1.807, 2.05) is 7.05 Å². The van der Waals surface area contributed by atoms with Crippen LogP contribution in [0.5, 0.6) is 0 Å². The van der Waals surface area contributed by atoms with Crippen molar-refractivity contribution in [2.45, 2.75) is 32.4 Å². The third kappa shape index (κ3) is 3.04. The maximum Gasteiger partial charge on any atom is 0.173 e. The lowest BCUT2D eigenvalue weighted by atomic mass is 10.1. The Bertz CT molecular complexity index is 486. The normalized spacial score (nSPS) is 17.8. The van der Waals surface area contributed by atoms with Gasteiger partial charge in [0.2, 0.25) is 0 Å². The van der Waals surface area contributed by atoms with Crippen LogP contribution in [0.3, 0.4) is 0 Å². The first kappa shape index (κ1) is 13.8. The molecular formula is C14H20FN3O. The van der Waals surface area contributed by atoms with Gasteiger partial charge < -0.3 is 10.9 Å². The third-order valence-corrected chi connectivity index (χ3v) is 3.88. The van der Waals surface area contributed by atoms with E-state index in [2.05, 4.69) is 17.0 Å². The maximum atomic E-state index is 14.3. The van der Waals surface area contributed by atoms with Gasteiger partial charge >= 0.3 is 0 Å². The average molecular weight is 265 g/mol. The molecule has 2 rings (SSSR count). The van der Waals surface area contributed by atoms with E-state index in [4.69, 9.17) is 10.9 Å². The average Bonchev–Trinajstić information content (AvgIpc) is 3.23. The Morgan fingerprint density at radius 1 is 1.58 bits per heavy atom. The van der Waals surface area contributed by atoms with Gasteiger partial charge in [-0.25, -0.2) is 4.39 Å². The first-order chi connectivity index (χ1) is 9.04. The van der Waals surface area contributed by atoms with Gasteiger partial charge in [0.05, 0.1) is 5.56 Å². The molecule has 3 N–H and O–H groups in total. The summed E-state index contributed by atoms with van der Waals surface area (Å²) in [5.74, 6) is 0.130. The molecule has 1 aromatic rings. The number of amidine groups is 1. The van der Waals surface area contributed by atoms with Gasteiger partial charge in [-0.15, -0.1) is 0 Å². The number of hydrogen-bond acceptors (Lipinski definition) is 3. The molecule has 1 aromatic carbocycles. The third-order valence-electron chi connectivity index (χ3n) is 3.88. The van der Waals surface area contributed by atoms with Gasteiger partial charge in [0.25, 0.3) is 0 Å². The van der Waals surface area contributed by atoms with Crippen molar-refractivity contribution in [3.8, 4) is 0 Å². The molecule has 1 fully saturated rings. The highest BCUT2D eigenvalue weighted by Gasteiger charge is 2.30. The highest BCUT2D eigenvalue weighted by molar-refractivity contribution is 5.97. The fourth-order valence-electron chi connectivity index (χ4n) is 2.30. The van der Waals surface area contributed by atoms with Crippen LogP contribution < -0.4 is 5.73 Å². The molecule has 1 unspecified atom stereocenters. The summed E-state index contributed by atoms with van der Waals surface area (Å²) in [7, 11) is 2.00. The van der Waals surface area contributed by atoms with Gasteiger partial charge in [-0.1, -0.05) is 17.3 Å². The van der Waals surface area contributed by atoms with Gasteiger partial charge in [0.1, 0.15) is 5.82 Å². The van der Waals surface area contributed by atoms with Gasteiger partial charge in [-0.2, -0.15) is 0 Å². The van der Waals surface area contributed by atoms with Gasteiger partial charge in [-0.3, -0.25) is 4.90 Å². The second-order valence-corrected chi connectivity index (χ2v) is 5.26. The lowest BCUT2D eigenvalue weighted by Gasteiger charge is -2.25. The van der Waals surface area contributed by atoms with Crippen LogP contribution in [0, 0.1) is 11.7 Å². The number of benzene rings is 1.